The predicted molar refractivity (Wildman–Crippen MR) is 165 cm³/mol. The summed E-state index contributed by atoms with van der Waals surface area (Å²) in [5.41, 5.74) is 9.33. The Kier molecular flexibility index (Phi) is 13.1. The third-order valence-electron chi connectivity index (χ3n) is 6.83. The molecule has 1 heterocycles. The van der Waals surface area contributed by atoms with Gasteiger partial charge in [-0.2, -0.15) is 0 Å². The average molecular weight is 621 g/mol. The maximum absolute atomic E-state index is 13.2. The summed E-state index contributed by atoms with van der Waals surface area (Å²) in [6, 6.07) is 16.2. The minimum Gasteiger partial charge on any atom is -0.368 e. The number of hydrazine groups is 1. The van der Waals surface area contributed by atoms with Crippen LogP contribution in [0.2, 0.25) is 0 Å². The lowest BCUT2D eigenvalue weighted by molar-refractivity contribution is -0.142. The monoisotopic (exact) mass is 620 g/mol. The van der Waals surface area contributed by atoms with Crippen LogP contribution in [-0.4, -0.2) is 95.2 Å². The first-order valence-corrected chi connectivity index (χ1v) is 14.5. The maximum Gasteiger partial charge on any atom is 0.318 e. The van der Waals surface area contributed by atoms with Gasteiger partial charge in [-0.15, -0.1) is 0 Å². The van der Waals surface area contributed by atoms with Crippen LogP contribution in [0.25, 0.3) is 0 Å². The van der Waals surface area contributed by atoms with Gasteiger partial charge in [0.05, 0.1) is 0 Å². The first kappa shape index (κ1) is 34.3. The fourth-order valence-corrected chi connectivity index (χ4v) is 4.33. The number of nitrogens with two attached hydrogens (primary N) is 1. The van der Waals surface area contributed by atoms with E-state index in [2.05, 4.69) is 21.4 Å². The number of amides is 7. The molecule has 3 rings (SSSR count). The summed E-state index contributed by atoms with van der Waals surface area (Å²) in [5.74, 6) is -3.73. The van der Waals surface area contributed by atoms with Crippen molar-refractivity contribution >= 4 is 35.6 Å². The van der Waals surface area contributed by atoms with Crippen molar-refractivity contribution in [3.63, 3.8) is 0 Å². The van der Waals surface area contributed by atoms with Gasteiger partial charge in [0.15, 0.2) is 0 Å². The lowest BCUT2D eigenvalue weighted by Gasteiger charge is -2.29. The van der Waals surface area contributed by atoms with Gasteiger partial charge in [-0.25, -0.2) is 9.80 Å². The van der Waals surface area contributed by atoms with Crippen LogP contribution in [0.3, 0.4) is 0 Å². The Hall–Kier alpha value is -5.24. The van der Waals surface area contributed by atoms with E-state index in [1.54, 1.807) is 9.80 Å². The molecular formula is C31H40N8O6. The number of hydrogen-bond acceptors (Lipinski definition) is 7. The maximum atomic E-state index is 13.2. The van der Waals surface area contributed by atoms with Gasteiger partial charge in [0.2, 0.25) is 17.7 Å². The molecule has 240 valence electrons. The molecule has 2 aromatic rings. The molecule has 45 heavy (non-hydrogen) atoms. The number of carbonyl (C=O) groups excluding carboxylic acids is 6. The molecule has 14 heteroatoms. The summed E-state index contributed by atoms with van der Waals surface area (Å²) >= 11 is 0. The van der Waals surface area contributed by atoms with Crippen molar-refractivity contribution in [2.75, 3.05) is 32.7 Å². The molecule has 1 aliphatic heterocycles. The third kappa shape index (κ3) is 11.4. The van der Waals surface area contributed by atoms with Gasteiger partial charge in [0.25, 0.3) is 11.8 Å². The number of urea groups is 1. The van der Waals surface area contributed by atoms with Gasteiger partial charge in [0, 0.05) is 51.4 Å². The molecule has 14 nitrogen and oxygen atoms in total. The summed E-state index contributed by atoms with van der Waals surface area (Å²) in [5, 5.41) is 8.85. The first-order valence-electron chi connectivity index (χ1n) is 14.5. The van der Waals surface area contributed by atoms with Crippen LogP contribution in [0, 0.1) is 0 Å². The van der Waals surface area contributed by atoms with Crippen LogP contribution < -0.4 is 27.1 Å². The molecule has 1 fully saturated rings. The normalized spacial score (nSPS) is 14.1. The Balaban J connectivity index is 1.61. The highest BCUT2D eigenvalue weighted by Crippen LogP contribution is 2.11. The third-order valence-corrected chi connectivity index (χ3v) is 6.83. The fourth-order valence-electron chi connectivity index (χ4n) is 4.33. The smallest absolute Gasteiger partial charge is 0.318 e. The molecule has 1 saturated heterocycles. The van der Waals surface area contributed by atoms with Gasteiger partial charge in [-0.3, -0.25) is 29.4 Å². The summed E-state index contributed by atoms with van der Waals surface area (Å²) in [7, 11) is 0. The van der Waals surface area contributed by atoms with Crippen LogP contribution in [0.4, 0.5) is 4.79 Å². The van der Waals surface area contributed by atoms with E-state index in [1.165, 1.54) is 13.8 Å². The van der Waals surface area contributed by atoms with Crippen LogP contribution in [0.1, 0.15) is 25.0 Å². The highest BCUT2D eigenvalue weighted by Gasteiger charge is 2.26. The number of hydrogen-bond donors (Lipinski definition) is 5. The minimum absolute atomic E-state index is 0.278. The van der Waals surface area contributed by atoms with E-state index in [9.17, 15) is 28.8 Å². The molecule has 0 spiro atoms. The topological polar surface area (TPSA) is 186 Å². The van der Waals surface area contributed by atoms with Crippen LogP contribution in [-0.2, 0) is 37.1 Å². The Bertz CT molecular complexity index is 1320. The number of piperazine rings is 1. The van der Waals surface area contributed by atoms with E-state index in [0.717, 1.165) is 23.3 Å². The number of primary amides is 1. The van der Waals surface area contributed by atoms with Crippen molar-refractivity contribution in [1.29, 1.82) is 0 Å². The number of carbonyl (C=O) groups is 6. The largest absolute Gasteiger partial charge is 0.368 e. The van der Waals surface area contributed by atoms with Crippen LogP contribution in [0.5, 0.6) is 0 Å². The Morgan fingerprint density at radius 2 is 1.31 bits per heavy atom. The quantitative estimate of drug-likeness (QED) is 0.158. The lowest BCUT2D eigenvalue weighted by atomic mass is 10.1. The molecule has 7 amide bonds. The van der Waals surface area contributed by atoms with E-state index in [1.807, 2.05) is 60.7 Å². The van der Waals surface area contributed by atoms with Crippen molar-refractivity contribution < 1.29 is 28.8 Å². The van der Waals surface area contributed by atoms with E-state index in [4.69, 9.17) is 5.73 Å². The number of nitrogens with one attached hydrogen (secondary N) is 4. The highest BCUT2D eigenvalue weighted by molar-refractivity contribution is 5.99. The zero-order valence-corrected chi connectivity index (χ0v) is 25.4. The number of benzene rings is 2. The summed E-state index contributed by atoms with van der Waals surface area (Å²) in [6.45, 7) is 5.02. The molecule has 0 bridgehead atoms. The minimum atomic E-state index is -1.16. The second-order valence-corrected chi connectivity index (χ2v) is 10.5. The Morgan fingerprint density at radius 3 is 1.84 bits per heavy atom. The zero-order chi connectivity index (χ0) is 32.8. The highest BCUT2D eigenvalue weighted by atomic mass is 16.2. The van der Waals surface area contributed by atoms with E-state index < -0.39 is 54.2 Å². The van der Waals surface area contributed by atoms with Crippen LogP contribution >= 0.6 is 0 Å². The molecular weight excluding hydrogens is 580 g/mol. The average Bonchev–Trinajstić information content (AvgIpc) is 3.03. The van der Waals surface area contributed by atoms with Gasteiger partial charge < -0.3 is 31.5 Å². The van der Waals surface area contributed by atoms with E-state index in [0.29, 0.717) is 31.2 Å². The van der Waals surface area contributed by atoms with Crippen molar-refractivity contribution in [3.8, 4) is 0 Å². The second-order valence-electron chi connectivity index (χ2n) is 10.5. The molecule has 0 aromatic heterocycles. The molecule has 2 atom stereocenters. The van der Waals surface area contributed by atoms with Crippen molar-refractivity contribution in [1.82, 2.24) is 36.2 Å². The summed E-state index contributed by atoms with van der Waals surface area (Å²) in [4.78, 5) is 78.9. The molecule has 0 unspecified atom stereocenters. The molecule has 0 radical (unpaired) electrons. The summed E-state index contributed by atoms with van der Waals surface area (Å²) < 4.78 is 0. The van der Waals surface area contributed by atoms with Crippen molar-refractivity contribution in [2.24, 2.45) is 5.73 Å². The number of rotatable bonds is 12. The van der Waals surface area contributed by atoms with Gasteiger partial charge in [-0.1, -0.05) is 60.7 Å². The number of nitrogens with zero attached hydrogens (tertiary/aromatic N) is 3. The Morgan fingerprint density at radius 1 is 0.800 bits per heavy atom. The zero-order valence-electron chi connectivity index (χ0n) is 25.4. The van der Waals surface area contributed by atoms with Gasteiger partial charge >= 0.3 is 6.03 Å². The lowest BCUT2D eigenvalue weighted by Crippen LogP contribution is -2.58. The standard InChI is InChI=1S/C31H40N8O6/c1-22(35-31(45)37-17-15-33-16-18-37)29(43)34-23(2)30(44)36-39(21-26(32)40)28(42)14-13-27(41)38(19-24-9-5-3-6-10-24)20-25-11-7-4-8-12-25/h3-14,22-23,33H,15-21H2,1-2H3,(H2,32,40)(H,34,43)(H,35,45)(H,36,44)/b14-13+/t22-,23+/m1/s1. The van der Waals surface area contributed by atoms with E-state index >= 15 is 0 Å². The summed E-state index contributed by atoms with van der Waals surface area (Å²) in [6.07, 6.45) is 1.99. The Labute approximate surface area is 261 Å². The first-order chi connectivity index (χ1) is 21.5. The second kappa shape index (κ2) is 17.2. The molecule has 1 aliphatic rings. The van der Waals surface area contributed by atoms with E-state index in [-0.39, 0.29) is 13.1 Å². The molecule has 2 aromatic carbocycles. The van der Waals surface area contributed by atoms with Gasteiger partial charge in [0.1, 0.15) is 18.6 Å². The van der Waals surface area contributed by atoms with Gasteiger partial charge in [-0.05, 0) is 25.0 Å². The van der Waals surface area contributed by atoms with Crippen molar-refractivity contribution in [3.05, 3.63) is 83.9 Å². The molecule has 6 N–H and O–H groups in total. The SMILES string of the molecule is C[C@H](NC(=O)[C@@H](C)NC(=O)N1CCNCC1)C(=O)NN(CC(N)=O)C(=O)/C=C/C(=O)N(Cc1ccccc1)Cc1ccccc1. The molecule has 0 saturated carbocycles. The van der Waals surface area contributed by atoms with Crippen LogP contribution in [0.15, 0.2) is 72.8 Å². The van der Waals surface area contributed by atoms with Crippen molar-refractivity contribution in [2.45, 2.75) is 39.0 Å². The fraction of sp³-hybridized carbons (Fsp3) is 0.355. The molecule has 0 aliphatic carbocycles. The predicted octanol–water partition coefficient (Wildman–Crippen LogP) is -0.375.